The van der Waals surface area contributed by atoms with E-state index in [2.05, 4.69) is 0 Å². The van der Waals surface area contributed by atoms with E-state index in [-0.39, 0.29) is 12.8 Å². The maximum absolute atomic E-state index is 12.5. The number of ether oxygens (including phenoxy) is 3. The first-order valence-electron chi connectivity index (χ1n) is 8.31. The van der Waals surface area contributed by atoms with Crippen molar-refractivity contribution in [1.29, 1.82) is 0 Å². The van der Waals surface area contributed by atoms with E-state index >= 15 is 0 Å². The zero-order valence-corrected chi connectivity index (χ0v) is 15.9. The minimum absolute atomic E-state index is 0.0613. The molecule has 0 N–H and O–H groups in total. The third kappa shape index (κ3) is 5.72. The molecule has 0 spiro atoms. The van der Waals surface area contributed by atoms with Crippen molar-refractivity contribution in [1.82, 2.24) is 0 Å². The van der Waals surface area contributed by atoms with E-state index in [1.54, 1.807) is 19.1 Å². The summed E-state index contributed by atoms with van der Waals surface area (Å²) in [5, 5.41) is 0. The van der Waals surface area contributed by atoms with Crippen LogP contribution in [0.2, 0.25) is 0 Å². The fourth-order valence-corrected chi connectivity index (χ4v) is 2.67. The van der Waals surface area contributed by atoms with Gasteiger partial charge in [-0.05, 0) is 38.3 Å². The number of benzene rings is 1. The topological polar surface area (TPSA) is 78.9 Å². The third-order valence-electron chi connectivity index (χ3n) is 4.00. The fourth-order valence-electron chi connectivity index (χ4n) is 2.67. The average molecular weight is 362 g/mol. The fraction of sp³-hybridized carbons (Fsp3) is 0.450. The SMILES string of the molecule is COC(=O)C(C/C=C\C(C)OC(C)=O)(Cc1ccc(C)cc1)C(=O)OC. The Bertz CT molecular complexity index is 643. The molecule has 1 aromatic carbocycles. The molecule has 0 saturated heterocycles. The summed E-state index contributed by atoms with van der Waals surface area (Å²) in [4.78, 5) is 36.0. The summed E-state index contributed by atoms with van der Waals surface area (Å²) in [6, 6.07) is 7.54. The first kappa shape index (κ1) is 21.4. The maximum Gasteiger partial charge on any atom is 0.323 e. The van der Waals surface area contributed by atoms with Crippen molar-refractivity contribution < 1.29 is 28.6 Å². The van der Waals surface area contributed by atoms with Crippen molar-refractivity contribution in [2.24, 2.45) is 5.41 Å². The van der Waals surface area contributed by atoms with Crippen LogP contribution in [0.25, 0.3) is 0 Å². The number of hydrogen-bond donors (Lipinski definition) is 0. The molecule has 142 valence electrons. The number of hydrogen-bond acceptors (Lipinski definition) is 6. The first-order chi connectivity index (χ1) is 12.2. The molecule has 0 radical (unpaired) electrons. The molecule has 6 nitrogen and oxygen atoms in total. The van der Waals surface area contributed by atoms with Gasteiger partial charge >= 0.3 is 17.9 Å². The van der Waals surface area contributed by atoms with Gasteiger partial charge in [0, 0.05) is 6.92 Å². The molecule has 0 aliphatic heterocycles. The Kier molecular flexibility index (Phi) is 8.03. The molecule has 26 heavy (non-hydrogen) atoms. The summed E-state index contributed by atoms with van der Waals surface area (Å²) in [7, 11) is 2.47. The summed E-state index contributed by atoms with van der Waals surface area (Å²) in [5.41, 5.74) is 0.379. The number of aryl methyl sites for hydroxylation is 1. The highest BCUT2D eigenvalue weighted by molar-refractivity contribution is 6.00. The van der Waals surface area contributed by atoms with Gasteiger partial charge in [-0.3, -0.25) is 14.4 Å². The zero-order valence-electron chi connectivity index (χ0n) is 15.9. The van der Waals surface area contributed by atoms with Crippen molar-refractivity contribution in [2.75, 3.05) is 14.2 Å². The van der Waals surface area contributed by atoms with Gasteiger partial charge in [0.2, 0.25) is 0 Å². The highest BCUT2D eigenvalue weighted by atomic mass is 16.5. The molecular formula is C20H26O6. The molecule has 0 saturated carbocycles. The lowest BCUT2D eigenvalue weighted by Crippen LogP contribution is -2.43. The molecule has 0 fully saturated rings. The van der Waals surface area contributed by atoms with E-state index in [0.717, 1.165) is 11.1 Å². The minimum Gasteiger partial charge on any atom is -0.468 e. The van der Waals surface area contributed by atoms with E-state index in [0.29, 0.717) is 0 Å². The Morgan fingerprint density at radius 1 is 1.08 bits per heavy atom. The van der Waals surface area contributed by atoms with Crippen molar-refractivity contribution in [3.8, 4) is 0 Å². The van der Waals surface area contributed by atoms with Crippen LogP contribution in [0, 0.1) is 12.3 Å². The molecule has 0 amide bonds. The van der Waals surface area contributed by atoms with Crippen LogP contribution in [0.3, 0.4) is 0 Å². The molecule has 1 atom stereocenters. The predicted octanol–water partition coefficient (Wildman–Crippen LogP) is 2.77. The van der Waals surface area contributed by atoms with Crippen molar-refractivity contribution in [3.63, 3.8) is 0 Å². The zero-order chi connectivity index (χ0) is 19.7. The largest absolute Gasteiger partial charge is 0.468 e. The monoisotopic (exact) mass is 362 g/mol. The number of esters is 3. The lowest BCUT2D eigenvalue weighted by molar-refractivity contribution is -0.169. The Labute approximate surface area is 154 Å². The molecule has 0 bridgehead atoms. The lowest BCUT2D eigenvalue weighted by atomic mass is 9.78. The van der Waals surface area contributed by atoms with Gasteiger partial charge in [0.1, 0.15) is 6.10 Å². The van der Waals surface area contributed by atoms with E-state index in [1.807, 2.05) is 31.2 Å². The van der Waals surface area contributed by atoms with Gasteiger partial charge in [0.15, 0.2) is 5.41 Å². The minimum atomic E-state index is -1.51. The Morgan fingerprint density at radius 3 is 2.08 bits per heavy atom. The van der Waals surface area contributed by atoms with Crippen molar-refractivity contribution in [2.45, 2.75) is 39.7 Å². The van der Waals surface area contributed by atoms with E-state index in [1.165, 1.54) is 21.1 Å². The summed E-state index contributed by atoms with van der Waals surface area (Å²) in [6.45, 7) is 4.96. The standard InChI is InChI=1S/C20H26O6/c1-14-8-10-17(11-9-14)13-20(18(22)24-4,19(23)25-5)12-6-7-15(2)26-16(3)21/h6-11,15H,12-13H2,1-5H3/b7-6-. The van der Waals surface area contributed by atoms with Crippen LogP contribution in [0.1, 0.15) is 31.4 Å². The second-order valence-corrected chi connectivity index (χ2v) is 6.17. The normalized spacial score (nSPS) is 12.5. The number of carbonyl (C=O) groups excluding carboxylic acids is 3. The Balaban J connectivity index is 3.15. The van der Waals surface area contributed by atoms with Crippen LogP contribution in [0.15, 0.2) is 36.4 Å². The number of allylic oxidation sites excluding steroid dienone is 1. The van der Waals surface area contributed by atoms with Gasteiger partial charge < -0.3 is 14.2 Å². The van der Waals surface area contributed by atoms with E-state index in [4.69, 9.17) is 14.2 Å². The first-order valence-corrected chi connectivity index (χ1v) is 8.31. The van der Waals surface area contributed by atoms with Crippen LogP contribution in [-0.2, 0) is 35.0 Å². The van der Waals surface area contributed by atoms with Crippen molar-refractivity contribution >= 4 is 17.9 Å². The molecule has 1 aromatic rings. The van der Waals surface area contributed by atoms with Crippen LogP contribution >= 0.6 is 0 Å². The second kappa shape index (κ2) is 9.75. The smallest absolute Gasteiger partial charge is 0.323 e. The number of carbonyl (C=O) groups is 3. The third-order valence-corrected chi connectivity index (χ3v) is 4.00. The molecule has 0 aromatic heterocycles. The Hall–Kier alpha value is -2.63. The quantitative estimate of drug-likeness (QED) is 0.306. The van der Waals surface area contributed by atoms with Crippen LogP contribution in [0.5, 0.6) is 0 Å². The van der Waals surface area contributed by atoms with Crippen LogP contribution in [-0.4, -0.2) is 38.2 Å². The Morgan fingerprint density at radius 2 is 1.62 bits per heavy atom. The molecule has 0 aliphatic rings. The highest BCUT2D eigenvalue weighted by Gasteiger charge is 2.47. The summed E-state index contributed by atoms with van der Waals surface area (Å²) < 4.78 is 14.8. The second-order valence-electron chi connectivity index (χ2n) is 6.17. The molecule has 1 rings (SSSR count). The maximum atomic E-state index is 12.5. The van der Waals surface area contributed by atoms with E-state index < -0.39 is 29.4 Å². The summed E-state index contributed by atoms with van der Waals surface area (Å²) in [6.07, 6.45) is 2.98. The van der Waals surface area contributed by atoms with Gasteiger partial charge in [-0.2, -0.15) is 0 Å². The average Bonchev–Trinajstić information content (AvgIpc) is 2.60. The van der Waals surface area contributed by atoms with Gasteiger partial charge in [0.05, 0.1) is 14.2 Å². The van der Waals surface area contributed by atoms with Crippen LogP contribution in [0.4, 0.5) is 0 Å². The van der Waals surface area contributed by atoms with Gasteiger partial charge in [-0.15, -0.1) is 0 Å². The summed E-state index contributed by atoms with van der Waals surface area (Å²) in [5.74, 6) is -1.75. The van der Waals surface area contributed by atoms with Gasteiger partial charge in [0.25, 0.3) is 0 Å². The molecule has 6 heteroatoms. The molecule has 0 heterocycles. The summed E-state index contributed by atoms with van der Waals surface area (Å²) >= 11 is 0. The molecular weight excluding hydrogens is 336 g/mol. The predicted molar refractivity (Wildman–Crippen MR) is 96.3 cm³/mol. The van der Waals surface area contributed by atoms with E-state index in [9.17, 15) is 14.4 Å². The number of methoxy groups -OCH3 is 2. The lowest BCUT2D eigenvalue weighted by Gasteiger charge is -2.27. The van der Waals surface area contributed by atoms with Gasteiger partial charge in [-0.25, -0.2) is 0 Å². The molecule has 1 unspecified atom stereocenters. The highest BCUT2D eigenvalue weighted by Crippen LogP contribution is 2.32. The van der Waals surface area contributed by atoms with Crippen molar-refractivity contribution in [3.05, 3.63) is 47.5 Å². The van der Waals surface area contributed by atoms with Crippen LogP contribution < -0.4 is 0 Å². The molecule has 0 aliphatic carbocycles. The number of rotatable bonds is 8. The van der Waals surface area contributed by atoms with Gasteiger partial charge in [-0.1, -0.05) is 35.9 Å².